The molecule has 0 radical (unpaired) electrons. The summed E-state index contributed by atoms with van der Waals surface area (Å²) in [6.07, 6.45) is 1.66. The number of rotatable bonds is 4. The molecule has 0 unspecified atom stereocenters. The summed E-state index contributed by atoms with van der Waals surface area (Å²) in [4.78, 5) is 4.51. The number of hydrogen-bond donors (Lipinski definition) is 1. The van der Waals surface area contributed by atoms with Crippen molar-refractivity contribution in [2.24, 2.45) is 5.10 Å². The van der Waals surface area contributed by atoms with E-state index < -0.39 is 0 Å². The molecule has 0 atom stereocenters. The summed E-state index contributed by atoms with van der Waals surface area (Å²) in [5.74, 6) is 0. The molecule has 6 heteroatoms. The molecule has 0 fully saturated rings. The van der Waals surface area contributed by atoms with Gasteiger partial charge in [-0.15, -0.1) is 11.3 Å². The van der Waals surface area contributed by atoms with Crippen molar-refractivity contribution in [2.45, 2.75) is 6.92 Å². The van der Waals surface area contributed by atoms with Crippen molar-refractivity contribution >= 4 is 45.9 Å². The van der Waals surface area contributed by atoms with Gasteiger partial charge in [-0.25, -0.2) is 4.98 Å². The van der Waals surface area contributed by atoms with E-state index in [0.29, 0.717) is 10.0 Å². The first kappa shape index (κ1) is 16.0. The van der Waals surface area contributed by atoms with Crippen LogP contribution in [0.25, 0.3) is 11.3 Å². The molecule has 1 heterocycles. The molecule has 2 aromatic carbocycles. The molecule has 3 aromatic rings. The van der Waals surface area contributed by atoms with Gasteiger partial charge in [0.1, 0.15) is 0 Å². The van der Waals surface area contributed by atoms with Crippen molar-refractivity contribution in [1.82, 2.24) is 4.98 Å². The average Bonchev–Trinajstić information content (AvgIpc) is 3.02. The topological polar surface area (TPSA) is 37.3 Å². The highest BCUT2D eigenvalue weighted by molar-refractivity contribution is 7.14. The summed E-state index contributed by atoms with van der Waals surface area (Å²) >= 11 is 13.7. The maximum Gasteiger partial charge on any atom is 0.203 e. The molecule has 23 heavy (non-hydrogen) atoms. The Bertz CT molecular complexity index is 844. The minimum Gasteiger partial charge on any atom is -0.253 e. The molecule has 3 nitrogen and oxygen atoms in total. The largest absolute Gasteiger partial charge is 0.253 e. The van der Waals surface area contributed by atoms with Crippen LogP contribution in [0, 0.1) is 6.92 Å². The number of thiazole rings is 1. The van der Waals surface area contributed by atoms with Crippen molar-refractivity contribution < 1.29 is 0 Å². The highest BCUT2D eigenvalue weighted by Gasteiger charge is 2.04. The molecule has 1 N–H and O–H groups in total. The molecule has 0 bridgehead atoms. The smallest absolute Gasteiger partial charge is 0.203 e. The van der Waals surface area contributed by atoms with Gasteiger partial charge in [-0.1, -0.05) is 53.5 Å². The van der Waals surface area contributed by atoms with Gasteiger partial charge in [-0.05, 0) is 24.6 Å². The molecule has 0 aliphatic rings. The third kappa shape index (κ3) is 3.91. The second-order valence-corrected chi connectivity index (χ2v) is 6.57. The van der Waals surface area contributed by atoms with Crippen LogP contribution >= 0.6 is 34.5 Å². The number of aromatic nitrogens is 1. The number of hydrogen-bond acceptors (Lipinski definition) is 4. The average molecular weight is 362 g/mol. The number of anilines is 1. The van der Waals surface area contributed by atoms with Crippen molar-refractivity contribution in [3.63, 3.8) is 0 Å². The number of aryl methyl sites for hydroxylation is 1. The van der Waals surface area contributed by atoms with E-state index in [9.17, 15) is 0 Å². The Morgan fingerprint density at radius 2 is 1.91 bits per heavy atom. The predicted molar refractivity (Wildman–Crippen MR) is 100.0 cm³/mol. The predicted octanol–water partition coefficient (Wildman–Crippen LogP) is 5.87. The lowest BCUT2D eigenvalue weighted by molar-refractivity contribution is 1.29. The van der Waals surface area contributed by atoms with Gasteiger partial charge >= 0.3 is 0 Å². The fourth-order valence-electron chi connectivity index (χ4n) is 2.00. The fraction of sp³-hybridized carbons (Fsp3) is 0.0588. The summed E-state index contributed by atoms with van der Waals surface area (Å²) in [7, 11) is 0. The zero-order chi connectivity index (χ0) is 16.2. The van der Waals surface area contributed by atoms with Crippen LogP contribution in [0.1, 0.15) is 11.1 Å². The lowest BCUT2D eigenvalue weighted by Gasteiger charge is -2.02. The number of nitrogens with zero attached hydrogens (tertiary/aromatic N) is 2. The molecule has 0 saturated heterocycles. The summed E-state index contributed by atoms with van der Waals surface area (Å²) in [6.45, 7) is 1.93. The van der Waals surface area contributed by atoms with Crippen LogP contribution in [0.15, 0.2) is 52.9 Å². The van der Waals surface area contributed by atoms with Gasteiger partial charge in [0, 0.05) is 21.5 Å². The Labute approximate surface area is 148 Å². The van der Waals surface area contributed by atoms with Crippen molar-refractivity contribution in [3.8, 4) is 11.3 Å². The Kier molecular flexibility index (Phi) is 4.96. The van der Waals surface area contributed by atoms with Gasteiger partial charge in [-0.3, -0.25) is 5.43 Å². The fourth-order valence-corrected chi connectivity index (χ4v) is 3.10. The number of nitrogens with one attached hydrogen (secondary N) is 1. The highest BCUT2D eigenvalue weighted by Crippen LogP contribution is 2.25. The maximum atomic E-state index is 6.15. The molecule has 0 aliphatic heterocycles. The molecule has 0 saturated carbocycles. The van der Waals surface area contributed by atoms with Crippen LogP contribution < -0.4 is 5.43 Å². The van der Waals surface area contributed by atoms with E-state index >= 15 is 0 Å². The zero-order valence-corrected chi connectivity index (χ0v) is 14.6. The minimum atomic E-state index is 0.565. The summed E-state index contributed by atoms with van der Waals surface area (Å²) < 4.78 is 0. The zero-order valence-electron chi connectivity index (χ0n) is 12.3. The van der Waals surface area contributed by atoms with E-state index in [2.05, 4.69) is 15.5 Å². The second kappa shape index (κ2) is 7.13. The molecule has 0 spiro atoms. The number of benzene rings is 2. The van der Waals surface area contributed by atoms with E-state index in [-0.39, 0.29) is 0 Å². The SMILES string of the molecule is Cc1cc(C=NNc2nc(-c3ccccc3)cs2)c(Cl)cc1Cl. The van der Waals surface area contributed by atoms with E-state index in [4.69, 9.17) is 23.2 Å². The minimum absolute atomic E-state index is 0.565. The first-order chi connectivity index (χ1) is 11.1. The van der Waals surface area contributed by atoms with E-state index in [1.54, 1.807) is 12.3 Å². The van der Waals surface area contributed by atoms with Crippen molar-refractivity contribution in [2.75, 3.05) is 5.43 Å². The van der Waals surface area contributed by atoms with Gasteiger partial charge in [0.2, 0.25) is 5.13 Å². The van der Waals surface area contributed by atoms with Gasteiger partial charge < -0.3 is 0 Å². The Morgan fingerprint density at radius 1 is 1.13 bits per heavy atom. The first-order valence-electron chi connectivity index (χ1n) is 6.89. The van der Waals surface area contributed by atoms with Crippen molar-refractivity contribution in [3.05, 3.63) is 69.0 Å². The molecular formula is C17H13Cl2N3S. The number of halogens is 2. The summed E-state index contributed by atoms with van der Waals surface area (Å²) in [6, 6.07) is 13.6. The molecule has 0 amide bonds. The maximum absolute atomic E-state index is 6.15. The third-order valence-electron chi connectivity index (χ3n) is 3.22. The number of hydrazone groups is 1. The van der Waals surface area contributed by atoms with Crippen LogP contribution in [0.4, 0.5) is 5.13 Å². The van der Waals surface area contributed by atoms with E-state index in [1.165, 1.54) is 11.3 Å². The summed E-state index contributed by atoms with van der Waals surface area (Å²) in [5.41, 5.74) is 6.70. The lowest BCUT2D eigenvalue weighted by atomic mass is 10.1. The second-order valence-electron chi connectivity index (χ2n) is 4.90. The van der Waals surface area contributed by atoms with Crippen LogP contribution in [0.3, 0.4) is 0 Å². The Morgan fingerprint density at radius 3 is 2.70 bits per heavy atom. The monoisotopic (exact) mass is 361 g/mol. The van der Waals surface area contributed by atoms with E-state index in [0.717, 1.165) is 27.5 Å². The van der Waals surface area contributed by atoms with Crippen LogP contribution in [0.2, 0.25) is 10.0 Å². The Balaban J connectivity index is 1.72. The van der Waals surface area contributed by atoms with Crippen LogP contribution in [0.5, 0.6) is 0 Å². The van der Waals surface area contributed by atoms with Gasteiger partial charge in [-0.2, -0.15) is 5.10 Å². The normalized spacial score (nSPS) is 11.1. The third-order valence-corrected chi connectivity index (χ3v) is 4.70. The first-order valence-corrected chi connectivity index (χ1v) is 8.53. The highest BCUT2D eigenvalue weighted by atomic mass is 35.5. The molecular weight excluding hydrogens is 349 g/mol. The van der Waals surface area contributed by atoms with Gasteiger partial charge in [0.25, 0.3) is 0 Å². The van der Waals surface area contributed by atoms with Crippen LogP contribution in [-0.2, 0) is 0 Å². The molecule has 3 rings (SSSR count). The molecule has 116 valence electrons. The molecule has 1 aromatic heterocycles. The summed E-state index contributed by atoms with van der Waals surface area (Å²) in [5, 5.41) is 8.12. The molecule has 0 aliphatic carbocycles. The van der Waals surface area contributed by atoms with Crippen LogP contribution in [-0.4, -0.2) is 11.2 Å². The van der Waals surface area contributed by atoms with Gasteiger partial charge in [0.15, 0.2) is 0 Å². The standard InChI is InChI=1S/C17H13Cl2N3S/c1-11-7-13(15(19)8-14(11)18)9-20-22-17-21-16(10-23-17)12-5-3-2-4-6-12/h2-10H,1H3,(H,21,22). The Hall–Kier alpha value is -1.88. The quantitative estimate of drug-likeness (QED) is 0.465. The van der Waals surface area contributed by atoms with E-state index in [1.807, 2.05) is 48.7 Å². The van der Waals surface area contributed by atoms with Crippen molar-refractivity contribution in [1.29, 1.82) is 0 Å². The lowest BCUT2D eigenvalue weighted by Crippen LogP contribution is -1.92. The van der Waals surface area contributed by atoms with Gasteiger partial charge in [0.05, 0.1) is 16.9 Å².